The maximum absolute atomic E-state index is 12.5. The number of benzene rings is 1. The van der Waals surface area contributed by atoms with Crippen molar-refractivity contribution in [1.29, 1.82) is 0 Å². The zero-order valence-corrected chi connectivity index (χ0v) is 16.5. The lowest BCUT2D eigenvalue weighted by atomic mass is 9.90. The molecular weight excluding hydrogens is 432 g/mol. The van der Waals surface area contributed by atoms with Gasteiger partial charge in [0.2, 0.25) is 0 Å². The fourth-order valence-electron chi connectivity index (χ4n) is 2.87. The maximum Gasteiger partial charge on any atom is 0.434 e. The van der Waals surface area contributed by atoms with E-state index < -0.39 is 24.3 Å². The van der Waals surface area contributed by atoms with E-state index in [9.17, 15) is 9.59 Å². The third-order valence-electron chi connectivity index (χ3n) is 4.29. The minimum absolute atomic E-state index is 0.0167. The number of amides is 1. The molecule has 1 amide bonds. The number of hydroxylamine groups is 2. The third kappa shape index (κ3) is 5.06. The van der Waals surface area contributed by atoms with Crippen LogP contribution in [-0.2, 0) is 31.3 Å². The highest BCUT2D eigenvalue weighted by atomic mass is 79.9. The van der Waals surface area contributed by atoms with Gasteiger partial charge in [-0.15, -0.1) is 0 Å². The van der Waals surface area contributed by atoms with Gasteiger partial charge in [0, 0.05) is 18.2 Å². The number of pyridine rings is 1. The number of aliphatic carboxylic acids is 1. The zero-order valence-electron chi connectivity index (χ0n) is 14.9. The molecule has 1 fully saturated rings. The van der Waals surface area contributed by atoms with E-state index in [1.807, 2.05) is 30.3 Å². The van der Waals surface area contributed by atoms with Crippen LogP contribution >= 0.6 is 15.9 Å². The van der Waals surface area contributed by atoms with Crippen molar-refractivity contribution < 1.29 is 29.0 Å². The molecule has 1 saturated heterocycles. The topological polar surface area (TPSA) is 98.2 Å². The molecular formula is C19H19BrN2O6. The molecule has 0 radical (unpaired) electrons. The second-order valence-electron chi connectivity index (χ2n) is 6.21. The molecule has 1 aromatic heterocycles. The molecule has 0 spiro atoms. The fourth-order valence-corrected chi connectivity index (χ4v) is 3.10. The summed E-state index contributed by atoms with van der Waals surface area (Å²) in [6, 6.07) is 12.8. The van der Waals surface area contributed by atoms with E-state index in [0.717, 1.165) is 10.6 Å². The van der Waals surface area contributed by atoms with Crippen LogP contribution in [0.2, 0.25) is 0 Å². The van der Waals surface area contributed by atoms with Gasteiger partial charge in [-0.2, -0.15) is 5.06 Å². The van der Waals surface area contributed by atoms with E-state index in [1.165, 1.54) is 0 Å². The maximum atomic E-state index is 12.5. The van der Waals surface area contributed by atoms with Crippen LogP contribution in [0.1, 0.15) is 17.5 Å². The van der Waals surface area contributed by atoms with E-state index in [-0.39, 0.29) is 19.8 Å². The quantitative estimate of drug-likeness (QED) is 0.674. The number of aromatic nitrogens is 1. The molecule has 1 atom stereocenters. The Hall–Kier alpha value is -2.49. The summed E-state index contributed by atoms with van der Waals surface area (Å²) in [6.07, 6.45) is 1.29. The van der Waals surface area contributed by atoms with E-state index in [2.05, 4.69) is 20.9 Å². The SMILES string of the molecule is O=C(O)COC1(c2ccc(Br)nc2)CCON(C(=O)OCc2ccccc2)C1. The van der Waals surface area contributed by atoms with Crippen LogP contribution in [0.25, 0.3) is 0 Å². The average Bonchev–Trinajstić information content (AvgIpc) is 2.72. The highest BCUT2D eigenvalue weighted by Gasteiger charge is 2.42. The minimum atomic E-state index is -1.10. The summed E-state index contributed by atoms with van der Waals surface area (Å²) in [4.78, 5) is 33.1. The van der Waals surface area contributed by atoms with Crippen molar-refractivity contribution in [1.82, 2.24) is 10.0 Å². The van der Waals surface area contributed by atoms with Gasteiger partial charge in [0.25, 0.3) is 0 Å². The van der Waals surface area contributed by atoms with Crippen molar-refractivity contribution in [3.05, 3.63) is 64.4 Å². The van der Waals surface area contributed by atoms with Crippen molar-refractivity contribution in [3.63, 3.8) is 0 Å². The molecule has 3 rings (SSSR count). The van der Waals surface area contributed by atoms with Crippen LogP contribution in [0.5, 0.6) is 0 Å². The zero-order chi connectivity index (χ0) is 20.0. The average molecular weight is 451 g/mol. The Balaban J connectivity index is 1.74. The molecule has 2 aromatic rings. The number of carboxylic acid groups (broad SMARTS) is 1. The molecule has 148 valence electrons. The highest BCUT2D eigenvalue weighted by Crippen LogP contribution is 2.34. The van der Waals surface area contributed by atoms with Crippen LogP contribution < -0.4 is 0 Å². The minimum Gasteiger partial charge on any atom is -0.480 e. The number of hydrogen-bond acceptors (Lipinski definition) is 6. The lowest BCUT2D eigenvalue weighted by Crippen LogP contribution is -2.51. The lowest BCUT2D eigenvalue weighted by molar-refractivity contribution is -0.230. The Bertz CT molecular complexity index is 817. The summed E-state index contributed by atoms with van der Waals surface area (Å²) in [5, 5.41) is 10.1. The van der Waals surface area contributed by atoms with Gasteiger partial charge in [-0.3, -0.25) is 4.84 Å². The largest absolute Gasteiger partial charge is 0.480 e. The van der Waals surface area contributed by atoms with Gasteiger partial charge in [-0.25, -0.2) is 14.6 Å². The van der Waals surface area contributed by atoms with Gasteiger partial charge < -0.3 is 14.6 Å². The Kier molecular flexibility index (Phi) is 6.61. The third-order valence-corrected chi connectivity index (χ3v) is 4.76. The molecule has 8 nitrogen and oxygen atoms in total. The summed E-state index contributed by atoms with van der Waals surface area (Å²) in [5.41, 5.74) is 0.440. The number of carbonyl (C=O) groups is 2. The molecule has 1 aliphatic rings. The number of carboxylic acids is 1. The summed E-state index contributed by atoms with van der Waals surface area (Å²) < 4.78 is 11.7. The van der Waals surface area contributed by atoms with E-state index in [1.54, 1.807) is 18.3 Å². The summed E-state index contributed by atoms with van der Waals surface area (Å²) in [5.74, 6) is -1.10. The molecule has 0 saturated carbocycles. The summed E-state index contributed by atoms with van der Waals surface area (Å²) >= 11 is 3.27. The number of nitrogens with zero attached hydrogens (tertiary/aromatic N) is 2. The molecule has 1 N–H and O–H groups in total. The first-order valence-electron chi connectivity index (χ1n) is 8.57. The summed E-state index contributed by atoms with van der Waals surface area (Å²) in [7, 11) is 0. The van der Waals surface area contributed by atoms with Crippen LogP contribution in [-0.4, -0.2) is 47.0 Å². The molecule has 2 heterocycles. The number of rotatable bonds is 6. The smallest absolute Gasteiger partial charge is 0.434 e. The Morgan fingerprint density at radius 1 is 1.25 bits per heavy atom. The van der Waals surface area contributed by atoms with Gasteiger partial charge in [0.05, 0.1) is 13.2 Å². The highest BCUT2D eigenvalue weighted by molar-refractivity contribution is 9.10. The Morgan fingerprint density at radius 2 is 2.04 bits per heavy atom. The van der Waals surface area contributed by atoms with Gasteiger partial charge in [0.1, 0.15) is 23.4 Å². The predicted molar refractivity (Wildman–Crippen MR) is 101 cm³/mol. The summed E-state index contributed by atoms with van der Waals surface area (Å²) in [6.45, 7) is -0.265. The first-order valence-corrected chi connectivity index (χ1v) is 9.37. The second-order valence-corrected chi connectivity index (χ2v) is 7.02. The van der Waals surface area contributed by atoms with Gasteiger partial charge in [-0.05, 0) is 27.6 Å². The van der Waals surface area contributed by atoms with Gasteiger partial charge >= 0.3 is 12.1 Å². The van der Waals surface area contributed by atoms with Crippen molar-refractivity contribution in [2.24, 2.45) is 0 Å². The number of hydrogen-bond donors (Lipinski definition) is 1. The monoisotopic (exact) mass is 450 g/mol. The van der Waals surface area contributed by atoms with Crippen molar-refractivity contribution in [3.8, 4) is 0 Å². The van der Waals surface area contributed by atoms with Crippen LogP contribution in [0.15, 0.2) is 53.3 Å². The molecule has 28 heavy (non-hydrogen) atoms. The van der Waals surface area contributed by atoms with Crippen molar-refractivity contribution in [2.75, 3.05) is 19.8 Å². The first-order chi connectivity index (χ1) is 13.5. The number of halogens is 1. The van der Waals surface area contributed by atoms with E-state index >= 15 is 0 Å². The molecule has 1 unspecified atom stereocenters. The van der Waals surface area contributed by atoms with Crippen LogP contribution in [0.4, 0.5) is 4.79 Å². The predicted octanol–water partition coefficient (Wildman–Crippen LogP) is 3.11. The molecule has 9 heteroatoms. The Labute approximate surface area is 170 Å². The van der Waals surface area contributed by atoms with E-state index in [4.69, 9.17) is 19.4 Å². The Morgan fingerprint density at radius 3 is 2.71 bits per heavy atom. The van der Waals surface area contributed by atoms with Gasteiger partial charge in [0.15, 0.2) is 0 Å². The van der Waals surface area contributed by atoms with Gasteiger partial charge in [-0.1, -0.05) is 36.4 Å². The number of carbonyl (C=O) groups excluding carboxylic acids is 1. The normalized spacial score (nSPS) is 19.2. The molecule has 1 aromatic carbocycles. The van der Waals surface area contributed by atoms with Crippen LogP contribution in [0, 0.1) is 0 Å². The molecule has 0 bridgehead atoms. The fraction of sp³-hybridized carbons (Fsp3) is 0.316. The van der Waals surface area contributed by atoms with Crippen LogP contribution in [0.3, 0.4) is 0 Å². The second kappa shape index (κ2) is 9.13. The van der Waals surface area contributed by atoms with E-state index in [0.29, 0.717) is 16.6 Å². The number of ether oxygens (including phenoxy) is 2. The first kappa shape index (κ1) is 20.2. The van der Waals surface area contributed by atoms with Crippen molar-refractivity contribution in [2.45, 2.75) is 18.6 Å². The van der Waals surface area contributed by atoms with Crippen molar-refractivity contribution >= 4 is 28.0 Å². The standard InChI is InChI=1S/C19H19BrN2O6/c20-16-7-6-15(10-21-16)19(27-12-17(23)24)8-9-28-22(13-19)18(25)26-11-14-4-2-1-3-5-14/h1-7,10H,8-9,11-13H2,(H,23,24). The lowest BCUT2D eigenvalue weighted by Gasteiger charge is -2.41. The molecule has 0 aliphatic carbocycles. The molecule has 1 aliphatic heterocycles.